The SMILES string of the molecule is CCC(N)C(OCC1CCOC1)c1ccc(OC)cc1. The van der Waals surface area contributed by atoms with E-state index in [1.807, 2.05) is 24.3 Å². The van der Waals surface area contributed by atoms with Gasteiger partial charge in [0.25, 0.3) is 0 Å². The average Bonchev–Trinajstić information content (AvgIpc) is 3.01. The van der Waals surface area contributed by atoms with E-state index in [1.54, 1.807) is 7.11 Å². The van der Waals surface area contributed by atoms with Crippen molar-refractivity contribution in [2.75, 3.05) is 26.9 Å². The summed E-state index contributed by atoms with van der Waals surface area (Å²) in [5.41, 5.74) is 7.33. The summed E-state index contributed by atoms with van der Waals surface area (Å²) in [6.07, 6.45) is 1.90. The topological polar surface area (TPSA) is 53.7 Å². The monoisotopic (exact) mass is 279 g/mol. The second-order valence-electron chi connectivity index (χ2n) is 5.33. The molecule has 1 saturated heterocycles. The van der Waals surface area contributed by atoms with Gasteiger partial charge in [0.15, 0.2) is 0 Å². The standard InChI is InChI=1S/C16H25NO3/c1-3-15(17)16(20-11-12-8-9-19-10-12)13-4-6-14(18-2)7-5-13/h4-7,12,15-16H,3,8-11,17H2,1-2H3. The van der Waals surface area contributed by atoms with E-state index in [9.17, 15) is 0 Å². The molecule has 1 fully saturated rings. The quantitative estimate of drug-likeness (QED) is 0.833. The summed E-state index contributed by atoms with van der Waals surface area (Å²) in [7, 11) is 1.67. The summed E-state index contributed by atoms with van der Waals surface area (Å²) in [5, 5.41) is 0. The van der Waals surface area contributed by atoms with Crippen LogP contribution in [-0.2, 0) is 9.47 Å². The van der Waals surface area contributed by atoms with E-state index in [4.69, 9.17) is 19.9 Å². The van der Waals surface area contributed by atoms with E-state index in [0.29, 0.717) is 12.5 Å². The fraction of sp³-hybridized carbons (Fsp3) is 0.625. The zero-order valence-corrected chi connectivity index (χ0v) is 12.4. The van der Waals surface area contributed by atoms with Crippen LogP contribution in [0.25, 0.3) is 0 Å². The lowest BCUT2D eigenvalue weighted by Crippen LogP contribution is -2.31. The molecule has 0 radical (unpaired) electrons. The van der Waals surface area contributed by atoms with Crippen LogP contribution < -0.4 is 10.5 Å². The molecule has 1 aromatic carbocycles. The second-order valence-corrected chi connectivity index (χ2v) is 5.33. The molecule has 0 bridgehead atoms. The van der Waals surface area contributed by atoms with E-state index in [0.717, 1.165) is 37.4 Å². The molecule has 0 aromatic heterocycles. The van der Waals surface area contributed by atoms with E-state index in [2.05, 4.69) is 6.92 Å². The van der Waals surface area contributed by atoms with E-state index < -0.39 is 0 Å². The molecule has 3 atom stereocenters. The molecular weight excluding hydrogens is 254 g/mol. The van der Waals surface area contributed by atoms with Crippen LogP contribution in [0.2, 0.25) is 0 Å². The van der Waals surface area contributed by atoms with Crippen LogP contribution in [0.3, 0.4) is 0 Å². The van der Waals surface area contributed by atoms with Crippen LogP contribution in [0.15, 0.2) is 24.3 Å². The maximum absolute atomic E-state index is 6.22. The largest absolute Gasteiger partial charge is 0.497 e. The first-order chi connectivity index (χ1) is 9.74. The highest BCUT2D eigenvalue weighted by Crippen LogP contribution is 2.26. The summed E-state index contributed by atoms with van der Waals surface area (Å²) < 4.78 is 16.7. The maximum Gasteiger partial charge on any atom is 0.118 e. The predicted octanol–water partition coefficient (Wildman–Crippen LogP) is 2.53. The molecule has 0 aliphatic carbocycles. The second kappa shape index (κ2) is 7.62. The van der Waals surface area contributed by atoms with Gasteiger partial charge in [0, 0.05) is 18.6 Å². The van der Waals surface area contributed by atoms with E-state index in [-0.39, 0.29) is 12.1 Å². The Kier molecular flexibility index (Phi) is 5.83. The first kappa shape index (κ1) is 15.3. The lowest BCUT2D eigenvalue weighted by molar-refractivity contribution is 0.00946. The Balaban J connectivity index is 2.01. The minimum atomic E-state index is -0.0634. The van der Waals surface area contributed by atoms with Crippen LogP contribution in [0.1, 0.15) is 31.4 Å². The number of hydrogen-bond acceptors (Lipinski definition) is 4. The molecule has 4 heteroatoms. The van der Waals surface area contributed by atoms with Crippen LogP contribution in [0.5, 0.6) is 5.75 Å². The minimum Gasteiger partial charge on any atom is -0.497 e. The van der Waals surface area contributed by atoms with Crippen molar-refractivity contribution < 1.29 is 14.2 Å². The summed E-state index contributed by atoms with van der Waals surface area (Å²) in [4.78, 5) is 0. The number of methoxy groups -OCH3 is 1. The molecular formula is C16H25NO3. The van der Waals surface area contributed by atoms with Gasteiger partial charge in [-0.1, -0.05) is 19.1 Å². The normalized spacial score (nSPS) is 21.6. The van der Waals surface area contributed by atoms with Crippen molar-refractivity contribution in [3.8, 4) is 5.75 Å². The van der Waals surface area contributed by atoms with Gasteiger partial charge in [0.05, 0.1) is 26.4 Å². The number of nitrogens with two attached hydrogens (primary N) is 1. The molecule has 1 heterocycles. The van der Waals surface area contributed by atoms with E-state index in [1.165, 1.54) is 0 Å². The Morgan fingerprint density at radius 2 is 2.10 bits per heavy atom. The van der Waals surface area contributed by atoms with Crippen molar-refractivity contribution in [1.29, 1.82) is 0 Å². The molecule has 112 valence electrons. The first-order valence-corrected chi connectivity index (χ1v) is 7.33. The fourth-order valence-electron chi connectivity index (χ4n) is 2.43. The van der Waals surface area contributed by atoms with Crippen molar-refractivity contribution in [2.24, 2.45) is 11.7 Å². The van der Waals surface area contributed by atoms with Crippen LogP contribution in [0.4, 0.5) is 0 Å². The smallest absolute Gasteiger partial charge is 0.118 e. The zero-order valence-electron chi connectivity index (χ0n) is 12.4. The van der Waals surface area contributed by atoms with Crippen LogP contribution in [0, 0.1) is 5.92 Å². The van der Waals surface area contributed by atoms with Crippen molar-refractivity contribution in [2.45, 2.75) is 31.9 Å². The third-order valence-corrected chi connectivity index (χ3v) is 3.84. The molecule has 2 rings (SSSR count). The third kappa shape index (κ3) is 3.95. The van der Waals surface area contributed by atoms with Gasteiger partial charge in [-0.2, -0.15) is 0 Å². The molecule has 0 saturated carbocycles. The van der Waals surface area contributed by atoms with Crippen molar-refractivity contribution in [3.05, 3.63) is 29.8 Å². The number of benzene rings is 1. The Hall–Kier alpha value is -1.10. The number of hydrogen-bond donors (Lipinski definition) is 1. The van der Waals surface area contributed by atoms with Gasteiger partial charge < -0.3 is 19.9 Å². The summed E-state index contributed by atoms with van der Waals surface area (Å²) in [6.45, 7) is 4.45. The van der Waals surface area contributed by atoms with Crippen LogP contribution >= 0.6 is 0 Å². The Labute approximate surface area is 121 Å². The highest BCUT2D eigenvalue weighted by Gasteiger charge is 2.23. The van der Waals surface area contributed by atoms with Crippen molar-refractivity contribution in [3.63, 3.8) is 0 Å². The lowest BCUT2D eigenvalue weighted by Gasteiger charge is -2.25. The van der Waals surface area contributed by atoms with Crippen LogP contribution in [-0.4, -0.2) is 33.0 Å². The molecule has 2 N–H and O–H groups in total. The predicted molar refractivity (Wildman–Crippen MR) is 78.9 cm³/mol. The number of ether oxygens (including phenoxy) is 3. The summed E-state index contributed by atoms with van der Waals surface area (Å²) in [6, 6.07) is 7.97. The van der Waals surface area contributed by atoms with Gasteiger partial charge in [-0.15, -0.1) is 0 Å². The molecule has 0 spiro atoms. The molecule has 1 aliphatic heterocycles. The highest BCUT2D eigenvalue weighted by molar-refractivity contribution is 5.29. The summed E-state index contributed by atoms with van der Waals surface area (Å²) >= 11 is 0. The summed E-state index contributed by atoms with van der Waals surface area (Å²) in [5.74, 6) is 1.35. The Bertz CT molecular complexity index is 387. The maximum atomic E-state index is 6.22. The van der Waals surface area contributed by atoms with Gasteiger partial charge in [0.2, 0.25) is 0 Å². The molecule has 0 amide bonds. The number of rotatable bonds is 7. The highest BCUT2D eigenvalue weighted by atomic mass is 16.5. The fourth-order valence-corrected chi connectivity index (χ4v) is 2.43. The molecule has 20 heavy (non-hydrogen) atoms. The molecule has 3 unspecified atom stereocenters. The zero-order chi connectivity index (χ0) is 14.4. The van der Waals surface area contributed by atoms with E-state index >= 15 is 0 Å². The molecule has 1 aromatic rings. The minimum absolute atomic E-state index is 0.00529. The third-order valence-electron chi connectivity index (χ3n) is 3.84. The average molecular weight is 279 g/mol. The lowest BCUT2D eigenvalue weighted by atomic mass is 10.0. The van der Waals surface area contributed by atoms with Gasteiger partial charge in [-0.05, 0) is 30.5 Å². The molecule has 1 aliphatic rings. The first-order valence-electron chi connectivity index (χ1n) is 7.33. The van der Waals surface area contributed by atoms with Gasteiger partial charge in [0.1, 0.15) is 5.75 Å². The van der Waals surface area contributed by atoms with Crippen molar-refractivity contribution >= 4 is 0 Å². The van der Waals surface area contributed by atoms with Gasteiger partial charge >= 0.3 is 0 Å². The van der Waals surface area contributed by atoms with Gasteiger partial charge in [-0.3, -0.25) is 0 Å². The Morgan fingerprint density at radius 1 is 1.35 bits per heavy atom. The molecule has 4 nitrogen and oxygen atoms in total. The Morgan fingerprint density at radius 3 is 2.65 bits per heavy atom. The van der Waals surface area contributed by atoms with Crippen molar-refractivity contribution in [1.82, 2.24) is 0 Å². The van der Waals surface area contributed by atoms with Gasteiger partial charge in [-0.25, -0.2) is 0 Å².